The predicted molar refractivity (Wildman–Crippen MR) is 85.6 cm³/mol. The Morgan fingerprint density at radius 1 is 1.38 bits per heavy atom. The lowest BCUT2D eigenvalue weighted by molar-refractivity contribution is 0.191. The lowest BCUT2D eigenvalue weighted by Gasteiger charge is -2.29. The standard InChI is InChI=1S/C15H27N5O/c1-9(2)14-17-13(16)10(3)15(18-14)20-8-12(21)6-11(20)7-19(4)5/h9,11-12,21H,6-8H2,1-5H3,(H2,16,17,18). The molecule has 2 unspecified atom stereocenters. The summed E-state index contributed by atoms with van der Waals surface area (Å²) in [5.41, 5.74) is 6.96. The summed E-state index contributed by atoms with van der Waals surface area (Å²) in [4.78, 5) is 13.4. The average Bonchev–Trinajstić information content (AvgIpc) is 2.72. The van der Waals surface area contributed by atoms with Crippen LogP contribution in [0.4, 0.5) is 11.6 Å². The van der Waals surface area contributed by atoms with Crippen LogP contribution in [0.1, 0.15) is 37.6 Å². The number of β-amino-alcohol motifs (C(OH)–C–C–N with tert-alkyl or cyclic N) is 1. The van der Waals surface area contributed by atoms with Crippen LogP contribution in [-0.2, 0) is 0 Å². The van der Waals surface area contributed by atoms with Crippen LogP contribution >= 0.6 is 0 Å². The SMILES string of the molecule is Cc1c(N)nc(C(C)C)nc1N1CC(O)CC1CN(C)C. The minimum atomic E-state index is -0.312. The van der Waals surface area contributed by atoms with Gasteiger partial charge in [0.2, 0.25) is 0 Å². The molecule has 0 spiro atoms. The summed E-state index contributed by atoms with van der Waals surface area (Å²) in [6.07, 6.45) is 0.450. The van der Waals surface area contributed by atoms with Crippen molar-refractivity contribution in [2.45, 2.75) is 45.3 Å². The summed E-state index contributed by atoms with van der Waals surface area (Å²) in [6, 6.07) is 0.253. The molecule has 1 fully saturated rings. The Morgan fingerprint density at radius 3 is 2.62 bits per heavy atom. The summed E-state index contributed by atoms with van der Waals surface area (Å²) >= 11 is 0. The fourth-order valence-electron chi connectivity index (χ4n) is 2.82. The maximum Gasteiger partial charge on any atom is 0.137 e. The van der Waals surface area contributed by atoms with Gasteiger partial charge in [-0.2, -0.15) is 0 Å². The van der Waals surface area contributed by atoms with Crippen LogP contribution in [0.5, 0.6) is 0 Å². The molecule has 6 nitrogen and oxygen atoms in total. The van der Waals surface area contributed by atoms with E-state index in [1.54, 1.807) is 0 Å². The fourth-order valence-corrected chi connectivity index (χ4v) is 2.82. The molecule has 0 bridgehead atoms. The van der Waals surface area contributed by atoms with Crippen molar-refractivity contribution in [1.29, 1.82) is 0 Å². The highest BCUT2D eigenvalue weighted by Gasteiger charge is 2.33. The first kappa shape index (κ1) is 16.0. The number of aliphatic hydroxyl groups is 1. The van der Waals surface area contributed by atoms with Crippen molar-refractivity contribution in [2.75, 3.05) is 37.8 Å². The summed E-state index contributed by atoms with van der Waals surface area (Å²) in [5.74, 6) is 2.40. The Kier molecular flexibility index (Phi) is 4.68. The lowest BCUT2D eigenvalue weighted by Crippen LogP contribution is -2.38. The van der Waals surface area contributed by atoms with Crippen molar-refractivity contribution in [3.63, 3.8) is 0 Å². The van der Waals surface area contributed by atoms with Gasteiger partial charge in [0.05, 0.1) is 6.10 Å². The Morgan fingerprint density at radius 2 is 2.05 bits per heavy atom. The van der Waals surface area contributed by atoms with Crippen LogP contribution < -0.4 is 10.6 Å². The van der Waals surface area contributed by atoms with Crippen molar-refractivity contribution in [3.05, 3.63) is 11.4 Å². The zero-order valence-corrected chi connectivity index (χ0v) is 13.7. The summed E-state index contributed by atoms with van der Waals surface area (Å²) in [5, 5.41) is 10.0. The molecule has 21 heavy (non-hydrogen) atoms. The van der Waals surface area contributed by atoms with Crippen LogP contribution in [0.2, 0.25) is 0 Å². The van der Waals surface area contributed by atoms with E-state index in [1.807, 2.05) is 21.0 Å². The third-order valence-electron chi connectivity index (χ3n) is 3.93. The van der Waals surface area contributed by atoms with E-state index in [0.717, 1.165) is 30.2 Å². The molecule has 1 aromatic rings. The monoisotopic (exact) mass is 293 g/mol. The zero-order chi connectivity index (χ0) is 15.7. The molecule has 0 radical (unpaired) electrons. The molecule has 1 saturated heterocycles. The van der Waals surface area contributed by atoms with Gasteiger partial charge in [0.1, 0.15) is 17.5 Å². The molecule has 0 aromatic carbocycles. The molecule has 0 amide bonds. The van der Waals surface area contributed by atoms with E-state index in [4.69, 9.17) is 10.7 Å². The summed E-state index contributed by atoms with van der Waals surface area (Å²) < 4.78 is 0. The molecular formula is C15H27N5O. The maximum absolute atomic E-state index is 10.0. The minimum Gasteiger partial charge on any atom is -0.391 e. The first-order valence-corrected chi connectivity index (χ1v) is 7.53. The quantitative estimate of drug-likeness (QED) is 0.862. The van der Waals surface area contributed by atoms with Crippen molar-refractivity contribution in [3.8, 4) is 0 Å². The summed E-state index contributed by atoms with van der Waals surface area (Å²) in [7, 11) is 4.09. The van der Waals surface area contributed by atoms with Gasteiger partial charge in [0.15, 0.2) is 0 Å². The van der Waals surface area contributed by atoms with Crippen LogP contribution in [-0.4, -0.2) is 59.3 Å². The number of nitrogens with zero attached hydrogens (tertiary/aromatic N) is 4. The number of aliphatic hydroxyl groups excluding tert-OH is 1. The van der Waals surface area contributed by atoms with Gasteiger partial charge >= 0.3 is 0 Å². The normalized spacial score (nSPS) is 22.6. The van der Waals surface area contributed by atoms with Crippen molar-refractivity contribution in [1.82, 2.24) is 14.9 Å². The van der Waals surface area contributed by atoms with Gasteiger partial charge in [0.25, 0.3) is 0 Å². The second-order valence-electron chi connectivity index (χ2n) is 6.53. The maximum atomic E-state index is 10.0. The largest absolute Gasteiger partial charge is 0.391 e. The topological polar surface area (TPSA) is 78.5 Å². The number of rotatable bonds is 4. The van der Waals surface area contributed by atoms with Gasteiger partial charge in [-0.1, -0.05) is 13.8 Å². The number of hydrogen-bond acceptors (Lipinski definition) is 6. The summed E-state index contributed by atoms with van der Waals surface area (Å²) in [6.45, 7) is 7.56. The molecule has 1 aromatic heterocycles. The van der Waals surface area contributed by atoms with E-state index < -0.39 is 0 Å². The second-order valence-corrected chi connectivity index (χ2v) is 6.53. The van der Waals surface area contributed by atoms with Crippen molar-refractivity contribution >= 4 is 11.6 Å². The zero-order valence-electron chi connectivity index (χ0n) is 13.7. The highest BCUT2D eigenvalue weighted by molar-refractivity contribution is 5.58. The first-order chi connectivity index (χ1) is 9.79. The highest BCUT2D eigenvalue weighted by Crippen LogP contribution is 2.30. The van der Waals surface area contributed by atoms with Crippen LogP contribution in [0.25, 0.3) is 0 Å². The van der Waals surface area contributed by atoms with E-state index in [0.29, 0.717) is 12.4 Å². The van der Waals surface area contributed by atoms with Gasteiger partial charge in [-0.25, -0.2) is 9.97 Å². The van der Waals surface area contributed by atoms with Crippen LogP contribution in [0, 0.1) is 6.92 Å². The predicted octanol–water partition coefficient (Wildman–Crippen LogP) is 0.992. The molecule has 1 aliphatic rings. The Bertz CT molecular complexity index is 503. The third-order valence-corrected chi connectivity index (χ3v) is 3.93. The van der Waals surface area contributed by atoms with E-state index in [-0.39, 0.29) is 18.1 Å². The smallest absolute Gasteiger partial charge is 0.137 e. The van der Waals surface area contributed by atoms with Gasteiger partial charge in [-0.05, 0) is 27.4 Å². The van der Waals surface area contributed by atoms with E-state index in [2.05, 4.69) is 28.6 Å². The molecular weight excluding hydrogens is 266 g/mol. The Hall–Kier alpha value is -1.40. The molecule has 1 aliphatic heterocycles. The molecule has 3 N–H and O–H groups in total. The number of likely N-dealkylation sites (N-methyl/N-ethyl adjacent to an activating group) is 1. The second kappa shape index (κ2) is 6.15. The molecule has 0 saturated carbocycles. The Labute approximate surface area is 127 Å². The lowest BCUT2D eigenvalue weighted by atomic mass is 10.1. The molecule has 118 valence electrons. The molecule has 2 atom stereocenters. The Balaban J connectivity index is 2.39. The van der Waals surface area contributed by atoms with Crippen LogP contribution in [0.15, 0.2) is 0 Å². The minimum absolute atomic E-state index is 0.228. The van der Waals surface area contributed by atoms with Crippen LogP contribution in [0.3, 0.4) is 0 Å². The average molecular weight is 293 g/mol. The van der Waals surface area contributed by atoms with E-state index in [1.165, 1.54) is 0 Å². The first-order valence-electron chi connectivity index (χ1n) is 7.53. The number of aromatic nitrogens is 2. The number of nitrogen functional groups attached to an aromatic ring is 1. The number of hydrogen-bond donors (Lipinski definition) is 2. The fraction of sp³-hybridized carbons (Fsp3) is 0.733. The van der Waals surface area contributed by atoms with Gasteiger partial charge in [0, 0.05) is 30.6 Å². The number of nitrogens with two attached hydrogens (primary N) is 1. The van der Waals surface area contributed by atoms with E-state index >= 15 is 0 Å². The van der Waals surface area contributed by atoms with Crippen molar-refractivity contribution < 1.29 is 5.11 Å². The van der Waals surface area contributed by atoms with Gasteiger partial charge in [-0.15, -0.1) is 0 Å². The van der Waals surface area contributed by atoms with Crippen molar-refractivity contribution in [2.24, 2.45) is 0 Å². The highest BCUT2D eigenvalue weighted by atomic mass is 16.3. The molecule has 6 heteroatoms. The molecule has 2 rings (SSSR count). The third kappa shape index (κ3) is 3.44. The van der Waals surface area contributed by atoms with E-state index in [9.17, 15) is 5.11 Å². The number of anilines is 2. The van der Waals surface area contributed by atoms with Gasteiger partial charge < -0.3 is 20.6 Å². The molecule has 0 aliphatic carbocycles. The van der Waals surface area contributed by atoms with Gasteiger partial charge in [-0.3, -0.25) is 0 Å². The molecule has 2 heterocycles.